The van der Waals surface area contributed by atoms with Gasteiger partial charge in [-0.2, -0.15) is 4.98 Å². The number of ether oxygens (including phenoxy) is 1. The van der Waals surface area contributed by atoms with Crippen molar-refractivity contribution in [3.05, 3.63) is 41.6 Å². The monoisotopic (exact) mass is 314 g/mol. The molecule has 0 radical (unpaired) electrons. The van der Waals surface area contributed by atoms with Crippen molar-refractivity contribution < 1.29 is 9.84 Å². The predicted molar refractivity (Wildman–Crippen MR) is 89.6 cm³/mol. The number of aliphatic hydroxyl groups is 1. The summed E-state index contributed by atoms with van der Waals surface area (Å²) in [4.78, 5) is 8.51. The number of para-hydroxylation sites is 1. The average molecular weight is 314 g/mol. The topological polar surface area (TPSA) is 93.3 Å². The molecule has 0 spiro atoms. The van der Waals surface area contributed by atoms with Gasteiger partial charge in [-0.3, -0.25) is 0 Å². The van der Waals surface area contributed by atoms with Crippen LogP contribution in [-0.2, 0) is 6.42 Å². The van der Waals surface area contributed by atoms with Crippen molar-refractivity contribution in [3.63, 3.8) is 0 Å². The average Bonchev–Trinajstić information content (AvgIpc) is 2.52. The Hall–Kier alpha value is -2.34. The number of nitrogens with two attached hydrogens (primary N) is 1. The standard InChI is InChI=1S/C17H22N4O2/c1-23-15-5-3-2-4-11(15)6-7-19-16-10-14(20-17(18)21-16)12-8-13(22)9-12/h2-5,10,12-13,22H,6-9H2,1H3,(H3,18,19,20,21). The highest BCUT2D eigenvalue weighted by Crippen LogP contribution is 2.36. The Morgan fingerprint density at radius 2 is 2.09 bits per heavy atom. The zero-order chi connectivity index (χ0) is 16.2. The lowest BCUT2D eigenvalue weighted by atomic mass is 9.80. The Bertz CT molecular complexity index is 671. The van der Waals surface area contributed by atoms with Crippen LogP contribution in [0.4, 0.5) is 11.8 Å². The smallest absolute Gasteiger partial charge is 0.222 e. The van der Waals surface area contributed by atoms with E-state index in [1.54, 1.807) is 7.11 Å². The van der Waals surface area contributed by atoms with Crippen LogP contribution in [0.25, 0.3) is 0 Å². The molecule has 0 bridgehead atoms. The van der Waals surface area contributed by atoms with Crippen molar-refractivity contribution in [3.8, 4) is 5.75 Å². The fraction of sp³-hybridized carbons (Fsp3) is 0.412. The number of hydrogen-bond acceptors (Lipinski definition) is 6. The molecule has 1 aromatic carbocycles. The van der Waals surface area contributed by atoms with Gasteiger partial charge in [-0.05, 0) is 30.9 Å². The first-order valence-corrected chi connectivity index (χ1v) is 7.84. The Morgan fingerprint density at radius 3 is 2.83 bits per heavy atom. The number of hydrogen-bond donors (Lipinski definition) is 3. The van der Waals surface area contributed by atoms with Crippen LogP contribution < -0.4 is 15.8 Å². The van der Waals surface area contributed by atoms with E-state index in [1.807, 2.05) is 24.3 Å². The lowest BCUT2D eigenvalue weighted by Crippen LogP contribution is -2.27. The van der Waals surface area contributed by atoms with Crippen LogP contribution in [0.1, 0.15) is 30.0 Å². The molecule has 0 unspecified atom stereocenters. The third kappa shape index (κ3) is 3.71. The van der Waals surface area contributed by atoms with Gasteiger partial charge in [-0.1, -0.05) is 18.2 Å². The molecule has 3 rings (SSSR count). The molecule has 6 heteroatoms. The van der Waals surface area contributed by atoms with E-state index in [0.717, 1.165) is 48.6 Å². The number of benzene rings is 1. The van der Waals surface area contributed by atoms with Crippen LogP contribution in [0.15, 0.2) is 30.3 Å². The van der Waals surface area contributed by atoms with Crippen LogP contribution in [0.5, 0.6) is 5.75 Å². The van der Waals surface area contributed by atoms with Gasteiger partial charge in [0.15, 0.2) is 0 Å². The maximum absolute atomic E-state index is 9.43. The summed E-state index contributed by atoms with van der Waals surface area (Å²) in [5.74, 6) is 2.16. The summed E-state index contributed by atoms with van der Waals surface area (Å²) in [7, 11) is 1.68. The highest BCUT2D eigenvalue weighted by molar-refractivity contribution is 5.42. The fourth-order valence-corrected chi connectivity index (χ4v) is 2.85. The molecule has 122 valence electrons. The predicted octanol–water partition coefficient (Wildman–Crippen LogP) is 1.96. The molecular formula is C17H22N4O2. The molecule has 1 aromatic heterocycles. The molecule has 23 heavy (non-hydrogen) atoms. The summed E-state index contributed by atoms with van der Waals surface area (Å²) in [6, 6.07) is 9.89. The van der Waals surface area contributed by atoms with E-state index in [1.165, 1.54) is 0 Å². The molecule has 1 saturated carbocycles. The van der Waals surface area contributed by atoms with Crippen molar-refractivity contribution in [2.24, 2.45) is 0 Å². The molecule has 2 aromatic rings. The molecule has 1 fully saturated rings. The molecule has 1 aliphatic carbocycles. The van der Waals surface area contributed by atoms with Crippen molar-refractivity contribution in [1.29, 1.82) is 0 Å². The van der Waals surface area contributed by atoms with Crippen molar-refractivity contribution in [2.45, 2.75) is 31.3 Å². The number of anilines is 2. The normalized spacial score (nSPS) is 19.9. The number of methoxy groups -OCH3 is 1. The van der Waals surface area contributed by atoms with Gasteiger partial charge in [0.25, 0.3) is 0 Å². The second-order valence-electron chi connectivity index (χ2n) is 5.85. The molecule has 4 N–H and O–H groups in total. The summed E-state index contributed by atoms with van der Waals surface area (Å²) in [5, 5.41) is 12.7. The molecule has 0 atom stereocenters. The summed E-state index contributed by atoms with van der Waals surface area (Å²) in [6.07, 6.45) is 2.11. The van der Waals surface area contributed by atoms with E-state index < -0.39 is 0 Å². The summed E-state index contributed by atoms with van der Waals surface area (Å²) >= 11 is 0. The second kappa shape index (κ2) is 6.83. The minimum Gasteiger partial charge on any atom is -0.496 e. The Labute approximate surface area is 135 Å². The van der Waals surface area contributed by atoms with Gasteiger partial charge >= 0.3 is 0 Å². The molecule has 0 saturated heterocycles. The highest BCUT2D eigenvalue weighted by atomic mass is 16.5. The summed E-state index contributed by atoms with van der Waals surface area (Å²) < 4.78 is 5.35. The zero-order valence-corrected chi connectivity index (χ0v) is 13.2. The lowest BCUT2D eigenvalue weighted by Gasteiger charge is -2.30. The van der Waals surface area contributed by atoms with Gasteiger partial charge < -0.3 is 20.9 Å². The molecule has 6 nitrogen and oxygen atoms in total. The number of nitrogen functional groups attached to an aromatic ring is 1. The molecule has 0 aliphatic heterocycles. The summed E-state index contributed by atoms with van der Waals surface area (Å²) in [6.45, 7) is 0.726. The minimum absolute atomic E-state index is 0.210. The van der Waals surface area contributed by atoms with Crippen molar-refractivity contribution in [2.75, 3.05) is 24.7 Å². The number of aromatic nitrogens is 2. The minimum atomic E-state index is -0.210. The Kier molecular flexibility index (Phi) is 4.62. The maximum Gasteiger partial charge on any atom is 0.222 e. The van der Waals surface area contributed by atoms with E-state index in [4.69, 9.17) is 10.5 Å². The van der Waals surface area contributed by atoms with Gasteiger partial charge in [0, 0.05) is 18.5 Å². The van der Waals surface area contributed by atoms with Crippen LogP contribution in [0.2, 0.25) is 0 Å². The number of rotatable bonds is 6. The first-order chi connectivity index (χ1) is 11.2. The third-order valence-electron chi connectivity index (χ3n) is 4.19. The first kappa shape index (κ1) is 15.6. The van der Waals surface area contributed by atoms with E-state index in [0.29, 0.717) is 0 Å². The third-order valence-corrected chi connectivity index (χ3v) is 4.19. The molecule has 1 heterocycles. The quantitative estimate of drug-likeness (QED) is 0.755. The number of aliphatic hydroxyl groups excluding tert-OH is 1. The Morgan fingerprint density at radius 1 is 1.30 bits per heavy atom. The van der Waals surface area contributed by atoms with Crippen molar-refractivity contribution >= 4 is 11.8 Å². The Balaban J connectivity index is 1.62. The molecule has 0 amide bonds. The van der Waals surface area contributed by atoms with Gasteiger partial charge in [0.05, 0.1) is 18.9 Å². The SMILES string of the molecule is COc1ccccc1CCNc1cc(C2CC(O)C2)nc(N)n1. The van der Waals surface area contributed by atoms with Gasteiger partial charge in [-0.15, -0.1) is 0 Å². The second-order valence-corrected chi connectivity index (χ2v) is 5.85. The van der Waals surface area contributed by atoms with Crippen LogP contribution in [0.3, 0.4) is 0 Å². The van der Waals surface area contributed by atoms with Crippen LogP contribution in [0, 0.1) is 0 Å². The molecular weight excluding hydrogens is 292 g/mol. The number of nitrogens with one attached hydrogen (secondary N) is 1. The van der Waals surface area contributed by atoms with Crippen LogP contribution >= 0.6 is 0 Å². The first-order valence-electron chi connectivity index (χ1n) is 7.84. The van der Waals surface area contributed by atoms with E-state index in [-0.39, 0.29) is 18.0 Å². The summed E-state index contributed by atoms with van der Waals surface area (Å²) in [5.41, 5.74) is 7.84. The largest absolute Gasteiger partial charge is 0.496 e. The van der Waals surface area contributed by atoms with Crippen LogP contribution in [-0.4, -0.2) is 34.8 Å². The lowest BCUT2D eigenvalue weighted by molar-refractivity contribution is 0.0732. The fourth-order valence-electron chi connectivity index (χ4n) is 2.85. The van der Waals surface area contributed by atoms with E-state index >= 15 is 0 Å². The van der Waals surface area contributed by atoms with Gasteiger partial charge in [0.1, 0.15) is 11.6 Å². The number of nitrogens with zero attached hydrogens (tertiary/aromatic N) is 2. The van der Waals surface area contributed by atoms with E-state index in [9.17, 15) is 5.11 Å². The van der Waals surface area contributed by atoms with Gasteiger partial charge in [-0.25, -0.2) is 4.98 Å². The highest BCUT2D eigenvalue weighted by Gasteiger charge is 2.30. The maximum atomic E-state index is 9.43. The zero-order valence-electron chi connectivity index (χ0n) is 13.2. The van der Waals surface area contributed by atoms with Crippen molar-refractivity contribution in [1.82, 2.24) is 9.97 Å². The van der Waals surface area contributed by atoms with E-state index in [2.05, 4.69) is 21.4 Å². The van der Waals surface area contributed by atoms with Gasteiger partial charge in [0.2, 0.25) is 5.95 Å². The molecule has 1 aliphatic rings.